The van der Waals surface area contributed by atoms with Crippen molar-refractivity contribution >= 4 is 10.8 Å². The van der Waals surface area contributed by atoms with Crippen LogP contribution in [0.25, 0.3) is 10.8 Å². The first-order valence-electron chi connectivity index (χ1n) is 13.6. The highest BCUT2D eigenvalue weighted by Crippen LogP contribution is 2.39. The van der Waals surface area contributed by atoms with Gasteiger partial charge >= 0.3 is 0 Å². The molecule has 0 aromatic heterocycles. The molecule has 0 aliphatic heterocycles. The van der Waals surface area contributed by atoms with Crippen LogP contribution in [0.15, 0.2) is 36.4 Å². The Morgan fingerprint density at radius 2 is 1.29 bits per heavy atom. The molecule has 2 N–H and O–H groups in total. The molecule has 0 spiro atoms. The topological polar surface area (TPSA) is 26.0 Å². The van der Waals surface area contributed by atoms with Gasteiger partial charge in [0.1, 0.15) is 0 Å². The summed E-state index contributed by atoms with van der Waals surface area (Å²) < 4.78 is 0. The van der Waals surface area contributed by atoms with Crippen LogP contribution in [0.1, 0.15) is 127 Å². The summed E-state index contributed by atoms with van der Waals surface area (Å²) in [6.07, 6.45) is 23.8. The third-order valence-corrected chi connectivity index (χ3v) is 7.62. The van der Waals surface area contributed by atoms with Gasteiger partial charge in [-0.2, -0.15) is 0 Å². The fourth-order valence-electron chi connectivity index (χ4n) is 5.63. The van der Waals surface area contributed by atoms with Crippen molar-refractivity contribution in [1.29, 1.82) is 0 Å². The lowest BCUT2D eigenvalue weighted by molar-refractivity contribution is 0.343. The van der Waals surface area contributed by atoms with E-state index in [-0.39, 0.29) is 6.04 Å². The highest BCUT2D eigenvalue weighted by atomic mass is 14.7. The van der Waals surface area contributed by atoms with E-state index in [2.05, 4.69) is 43.3 Å². The van der Waals surface area contributed by atoms with E-state index in [9.17, 15) is 0 Å². The summed E-state index contributed by atoms with van der Waals surface area (Å²) in [5, 5.41) is 2.73. The van der Waals surface area contributed by atoms with E-state index in [0.717, 1.165) is 0 Å². The van der Waals surface area contributed by atoms with Crippen molar-refractivity contribution in [3.63, 3.8) is 0 Å². The number of aryl methyl sites for hydroxylation is 1. The molecule has 31 heavy (non-hydrogen) atoms. The number of unbranched alkanes of at least 4 members (excludes halogenated alkanes) is 13. The Balaban J connectivity index is 1.25. The zero-order valence-corrected chi connectivity index (χ0v) is 20.2. The Morgan fingerprint density at radius 3 is 1.94 bits per heavy atom. The summed E-state index contributed by atoms with van der Waals surface area (Å²) in [5.41, 5.74) is 9.74. The zero-order chi connectivity index (χ0) is 21.7. The van der Waals surface area contributed by atoms with Crippen LogP contribution < -0.4 is 5.73 Å². The van der Waals surface area contributed by atoms with E-state index < -0.39 is 0 Å². The van der Waals surface area contributed by atoms with Gasteiger partial charge in [-0.05, 0) is 47.1 Å². The van der Waals surface area contributed by atoms with Crippen molar-refractivity contribution in [2.45, 2.75) is 122 Å². The molecule has 172 valence electrons. The van der Waals surface area contributed by atoms with Crippen LogP contribution >= 0.6 is 0 Å². The molecule has 0 bridgehead atoms. The van der Waals surface area contributed by atoms with Crippen LogP contribution in [0.3, 0.4) is 0 Å². The normalized spacial score (nSPS) is 18.4. The Kier molecular flexibility index (Phi) is 10.9. The van der Waals surface area contributed by atoms with E-state index in [0.29, 0.717) is 5.92 Å². The van der Waals surface area contributed by atoms with Gasteiger partial charge in [0.05, 0.1) is 0 Å². The van der Waals surface area contributed by atoms with E-state index in [1.54, 1.807) is 0 Å². The van der Waals surface area contributed by atoms with Crippen LogP contribution in [0.5, 0.6) is 0 Å². The van der Waals surface area contributed by atoms with Crippen molar-refractivity contribution in [3.8, 4) is 0 Å². The van der Waals surface area contributed by atoms with Crippen molar-refractivity contribution in [2.24, 2.45) is 11.7 Å². The predicted octanol–water partition coefficient (Wildman–Crippen LogP) is 9.27. The number of hydrogen-bond acceptors (Lipinski definition) is 1. The molecule has 0 unspecified atom stereocenters. The molecule has 0 fully saturated rings. The average molecular weight is 422 g/mol. The van der Waals surface area contributed by atoms with Crippen molar-refractivity contribution < 1.29 is 0 Å². The van der Waals surface area contributed by atoms with Gasteiger partial charge in [-0.25, -0.2) is 0 Å². The minimum Gasteiger partial charge on any atom is -0.324 e. The molecular weight excluding hydrogens is 374 g/mol. The smallest absolute Gasteiger partial charge is 0.0332 e. The molecule has 1 aliphatic carbocycles. The SMILES string of the molecule is CCCCCCCCCCCCCCCC[C@H]1CCc2ccc3ccccc3c2[C@H]1N. The van der Waals surface area contributed by atoms with Gasteiger partial charge in [0.25, 0.3) is 0 Å². The van der Waals surface area contributed by atoms with Crippen LogP contribution in [-0.2, 0) is 6.42 Å². The van der Waals surface area contributed by atoms with E-state index >= 15 is 0 Å². The molecule has 0 saturated heterocycles. The molecule has 2 atom stereocenters. The lowest BCUT2D eigenvalue weighted by Gasteiger charge is -2.32. The summed E-state index contributed by atoms with van der Waals surface area (Å²) in [5.74, 6) is 0.663. The maximum atomic E-state index is 6.81. The number of hydrogen-bond donors (Lipinski definition) is 1. The molecule has 0 radical (unpaired) electrons. The second-order valence-electron chi connectivity index (χ2n) is 10.1. The van der Waals surface area contributed by atoms with E-state index in [4.69, 9.17) is 5.73 Å². The summed E-state index contributed by atoms with van der Waals surface area (Å²) in [7, 11) is 0. The summed E-state index contributed by atoms with van der Waals surface area (Å²) in [6, 6.07) is 13.6. The lowest BCUT2D eigenvalue weighted by Crippen LogP contribution is -2.27. The fourth-order valence-corrected chi connectivity index (χ4v) is 5.63. The average Bonchev–Trinajstić information content (AvgIpc) is 2.80. The van der Waals surface area contributed by atoms with Crippen LogP contribution in [0, 0.1) is 5.92 Å². The van der Waals surface area contributed by atoms with Crippen molar-refractivity contribution in [2.75, 3.05) is 0 Å². The monoisotopic (exact) mass is 421 g/mol. The summed E-state index contributed by atoms with van der Waals surface area (Å²) in [6.45, 7) is 2.30. The third kappa shape index (κ3) is 7.63. The van der Waals surface area contributed by atoms with Gasteiger partial charge in [0, 0.05) is 6.04 Å². The number of benzene rings is 2. The van der Waals surface area contributed by atoms with E-state index in [1.807, 2.05) is 0 Å². The Bertz CT molecular complexity index is 749. The van der Waals surface area contributed by atoms with Gasteiger partial charge in [-0.1, -0.05) is 133 Å². The lowest BCUT2D eigenvalue weighted by atomic mass is 9.76. The Hall–Kier alpha value is -1.34. The highest BCUT2D eigenvalue weighted by molar-refractivity contribution is 5.87. The molecule has 0 saturated carbocycles. The van der Waals surface area contributed by atoms with Gasteiger partial charge in [0.2, 0.25) is 0 Å². The number of rotatable bonds is 15. The minimum atomic E-state index is 0.219. The van der Waals surface area contributed by atoms with Gasteiger partial charge in [0.15, 0.2) is 0 Å². The molecule has 1 heteroatoms. The molecule has 1 nitrogen and oxygen atoms in total. The predicted molar refractivity (Wildman–Crippen MR) is 138 cm³/mol. The minimum absolute atomic E-state index is 0.219. The molecule has 1 aliphatic rings. The second-order valence-corrected chi connectivity index (χ2v) is 10.1. The largest absolute Gasteiger partial charge is 0.324 e. The molecular formula is C30H47N. The summed E-state index contributed by atoms with van der Waals surface area (Å²) >= 11 is 0. The molecule has 2 aromatic carbocycles. The van der Waals surface area contributed by atoms with Crippen LogP contribution in [-0.4, -0.2) is 0 Å². The molecule has 0 amide bonds. The third-order valence-electron chi connectivity index (χ3n) is 7.62. The maximum absolute atomic E-state index is 6.81. The van der Waals surface area contributed by atoms with Crippen molar-refractivity contribution in [3.05, 3.63) is 47.5 Å². The molecule has 0 heterocycles. The quantitative estimate of drug-likeness (QED) is 0.285. The van der Waals surface area contributed by atoms with Crippen molar-refractivity contribution in [1.82, 2.24) is 0 Å². The van der Waals surface area contributed by atoms with Crippen LogP contribution in [0.4, 0.5) is 0 Å². The van der Waals surface area contributed by atoms with Gasteiger partial charge in [-0.15, -0.1) is 0 Å². The van der Waals surface area contributed by atoms with Gasteiger partial charge in [-0.3, -0.25) is 0 Å². The number of fused-ring (bicyclic) bond motifs is 3. The Morgan fingerprint density at radius 1 is 0.710 bits per heavy atom. The van der Waals surface area contributed by atoms with E-state index in [1.165, 1.54) is 131 Å². The number of nitrogens with two attached hydrogens (primary N) is 1. The van der Waals surface area contributed by atoms with Gasteiger partial charge < -0.3 is 5.73 Å². The standard InChI is InChI=1S/C30H47N/c1-2-3-4-5-6-7-8-9-10-11-12-13-14-15-19-27-24-23-26-22-21-25-18-16-17-20-28(25)29(26)30(27)31/h16-18,20-22,27,30H,2-15,19,23-24,31H2,1H3/t27-,30-/m0/s1. The first kappa shape index (κ1) is 24.3. The second kappa shape index (κ2) is 13.9. The highest BCUT2D eigenvalue weighted by Gasteiger charge is 2.27. The first-order valence-corrected chi connectivity index (χ1v) is 13.6. The fraction of sp³-hybridized carbons (Fsp3) is 0.667. The first-order chi connectivity index (χ1) is 15.3. The van der Waals surface area contributed by atoms with Crippen LogP contribution in [0.2, 0.25) is 0 Å². The maximum Gasteiger partial charge on any atom is 0.0332 e. The molecule has 3 rings (SSSR count). The zero-order valence-electron chi connectivity index (χ0n) is 20.2. The Labute approximate surface area is 192 Å². The molecule has 2 aromatic rings. The summed E-state index contributed by atoms with van der Waals surface area (Å²) in [4.78, 5) is 0.